The number of fused-ring (bicyclic) bond motifs is 1. The third-order valence-corrected chi connectivity index (χ3v) is 9.75. The lowest BCUT2D eigenvalue weighted by Crippen LogP contribution is -2.05. The van der Waals surface area contributed by atoms with E-state index in [0.29, 0.717) is 12.3 Å². The van der Waals surface area contributed by atoms with Crippen LogP contribution >= 0.6 is 0 Å². The summed E-state index contributed by atoms with van der Waals surface area (Å²) >= 11 is 0. The highest BCUT2D eigenvalue weighted by Crippen LogP contribution is 2.38. The molecule has 5 nitrogen and oxygen atoms in total. The number of benzene rings is 5. The third-order valence-electron chi connectivity index (χ3n) is 9.75. The minimum absolute atomic E-state index is 0.309. The second kappa shape index (κ2) is 14.0. The zero-order valence-electron chi connectivity index (χ0n) is 29.0. The second-order valence-electron chi connectivity index (χ2n) is 13.2. The monoisotopic (exact) mass is 681 g/mol. The molecule has 0 fully saturated rings. The summed E-state index contributed by atoms with van der Waals surface area (Å²) in [5.41, 5.74) is 14.5. The number of hydrogen-bond acceptors (Lipinski definition) is 4. The molecule has 0 N–H and O–H groups in total. The maximum absolute atomic E-state index is 5.36. The van der Waals surface area contributed by atoms with Gasteiger partial charge in [-0.1, -0.05) is 134 Å². The number of nitrogens with zero attached hydrogens (tertiary/aromatic N) is 5. The molecule has 1 aliphatic rings. The highest BCUT2D eigenvalue weighted by molar-refractivity contribution is 6.14. The van der Waals surface area contributed by atoms with Crippen molar-refractivity contribution < 1.29 is 0 Å². The summed E-state index contributed by atoms with van der Waals surface area (Å²) in [7, 11) is 0. The van der Waals surface area contributed by atoms with Crippen LogP contribution in [0.4, 0.5) is 0 Å². The van der Waals surface area contributed by atoms with Crippen molar-refractivity contribution in [2.75, 3.05) is 0 Å². The molecule has 252 valence electrons. The zero-order valence-corrected chi connectivity index (χ0v) is 29.0. The van der Waals surface area contributed by atoms with Crippen molar-refractivity contribution in [2.24, 2.45) is 9.98 Å². The number of amidine groups is 1. The molecule has 0 saturated carbocycles. The molecule has 0 amide bonds. The van der Waals surface area contributed by atoms with Gasteiger partial charge in [-0.2, -0.15) is 0 Å². The molecule has 1 aliphatic heterocycles. The van der Waals surface area contributed by atoms with Crippen molar-refractivity contribution in [1.82, 2.24) is 14.4 Å². The fraction of sp³-hybridized carbons (Fsp3) is 0.0417. The first-order chi connectivity index (χ1) is 26.2. The predicted octanol–water partition coefficient (Wildman–Crippen LogP) is 11.3. The molecule has 1 unspecified atom stereocenters. The Hall–Kier alpha value is -6.98. The van der Waals surface area contributed by atoms with E-state index in [-0.39, 0.29) is 6.04 Å². The van der Waals surface area contributed by atoms with Crippen LogP contribution in [0.3, 0.4) is 0 Å². The minimum atomic E-state index is -0.309. The van der Waals surface area contributed by atoms with E-state index in [1.807, 2.05) is 60.9 Å². The van der Waals surface area contributed by atoms with Gasteiger partial charge in [-0.05, 0) is 69.8 Å². The lowest BCUT2D eigenvalue weighted by molar-refractivity contribution is 0.841. The van der Waals surface area contributed by atoms with E-state index in [1.165, 1.54) is 0 Å². The number of pyridine rings is 2. The Balaban J connectivity index is 1.15. The van der Waals surface area contributed by atoms with E-state index in [0.717, 1.165) is 78.4 Å². The molecule has 0 bridgehead atoms. The Bertz CT molecular complexity index is 2620. The van der Waals surface area contributed by atoms with Gasteiger partial charge in [0.25, 0.3) is 0 Å². The summed E-state index contributed by atoms with van der Waals surface area (Å²) in [4.78, 5) is 20.1. The molecular formula is C48H35N5. The van der Waals surface area contributed by atoms with Crippen LogP contribution < -0.4 is 0 Å². The summed E-state index contributed by atoms with van der Waals surface area (Å²) in [5.74, 6) is 0.701. The van der Waals surface area contributed by atoms with Crippen LogP contribution in [-0.2, 0) is 0 Å². The average Bonchev–Trinajstić information content (AvgIpc) is 3.53. The van der Waals surface area contributed by atoms with Gasteiger partial charge in [-0.15, -0.1) is 0 Å². The van der Waals surface area contributed by atoms with Crippen LogP contribution in [-0.4, -0.2) is 25.9 Å². The van der Waals surface area contributed by atoms with Crippen molar-refractivity contribution in [2.45, 2.75) is 12.5 Å². The summed E-state index contributed by atoms with van der Waals surface area (Å²) in [6.45, 7) is 4.63. The van der Waals surface area contributed by atoms with Gasteiger partial charge in [0.15, 0.2) is 5.84 Å². The zero-order chi connectivity index (χ0) is 35.6. The van der Waals surface area contributed by atoms with Crippen LogP contribution in [0.15, 0.2) is 205 Å². The van der Waals surface area contributed by atoms with E-state index in [9.17, 15) is 0 Å². The van der Waals surface area contributed by atoms with Crippen molar-refractivity contribution in [3.05, 3.63) is 211 Å². The van der Waals surface area contributed by atoms with Crippen molar-refractivity contribution >= 4 is 17.2 Å². The first-order valence-corrected chi connectivity index (χ1v) is 17.8. The largest absolute Gasteiger partial charge is 0.299 e. The maximum Gasteiger partial charge on any atom is 0.155 e. The van der Waals surface area contributed by atoms with Crippen LogP contribution in [0.1, 0.15) is 29.2 Å². The van der Waals surface area contributed by atoms with Gasteiger partial charge in [0.1, 0.15) is 5.65 Å². The molecule has 1 atom stereocenters. The van der Waals surface area contributed by atoms with Gasteiger partial charge in [0.2, 0.25) is 0 Å². The first kappa shape index (κ1) is 32.0. The third kappa shape index (κ3) is 6.41. The fourth-order valence-corrected chi connectivity index (χ4v) is 7.12. The lowest BCUT2D eigenvalue weighted by atomic mass is 9.89. The molecule has 0 saturated heterocycles. The number of imidazole rings is 1. The SMILES string of the molecule is C=C1CC(c2ccccc2)=NC(c2ccccc2)=NC1c1cc(-c2ccc(-c3nc4ccccn4c3-c3ccccc3)cc2)cc(-c2cccnc2)c1. The van der Waals surface area contributed by atoms with Gasteiger partial charge in [0, 0.05) is 47.3 Å². The van der Waals surface area contributed by atoms with Crippen LogP contribution in [0.5, 0.6) is 0 Å². The molecule has 5 aromatic carbocycles. The first-order valence-electron chi connectivity index (χ1n) is 17.8. The van der Waals surface area contributed by atoms with E-state index in [4.69, 9.17) is 15.0 Å². The van der Waals surface area contributed by atoms with Crippen molar-refractivity contribution in [3.63, 3.8) is 0 Å². The maximum atomic E-state index is 5.36. The summed E-state index contributed by atoms with van der Waals surface area (Å²) in [6.07, 6.45) is 6.41. The Morgan fingerprint density at radius 2 is 1.17 bits per heavy atom. The van der Waals surface area contributed by atoms with E-state index in [2.05, 4.69) is 137 Å². The smallest absolute Gasteiger partial charge is 0.155 e. The Labute approximate surface area is 309 Å². The molecule has 0 aliphatic carbocycles. The van der Waals surface area contributed by atoms with Gasteiger partial charge in [-0.3, -0.25) is 14.4 Å². The molecule has 3 aromatic heterocycles. The van der Waals surface area contributed by atoms with Crippen molar-refractivity contribution in [3.8, 4) is 44.8 Å². The molecule has 5 heteroatoms. The Morgan fingerprint density at radius 3 is 1.87 bits per heavy atom. The van der Waals surface area contributed by atoms with E-state index < -0.39 is 0 Å². The Morgan fingerprint density at radius 1 is 0.547 bits per heavy atom. The molecule has 0 radical (unpaired) electrons. The number of aliphatic imine (C=N–C) groups is 2. The summed E-state index contributed by atoms with van der Waals surface area (Å²) in [6, 6.07) is 56.4. The molecule has 9 rings (SSSR count). The molecule has 8 aromatic rings. The van der Waals surface area contributed by atoms with E-state index in [1.54, 1.807) is 0 Å². The second-order valence-corrected chi connectivity index (χ2v) is 13.2. The number of rotatable bonds is 7. The normalized spacial score (nSPS) is 14.4. The van der Waals surface area contributed by atoms with Gasteiger partial charge >= 0.3 is 0 Å². The highest BCUT2D eigenvalue weighted by atomic mass is 15.0. The minimum Gasteiger partial charge on any atom is -0.299 e. The molecule has 4 heterocycles. The quantitative estimate of drug-likeness (QED) is 0.157. The summed E-state index contributed by atoms with van der Waals surface area (Å²) < 4.78 is 2.17. The number of hydrogen-bond donors (Lipinski definition) is 0. The van der Waals surface area contributed by atoms with Gasteiger partial charge in [-0.25, -0.2) is 9.98 Å². The number of aromatic nitrogens is 3. The van der Waals surface area contributed by atoms with Crippen molar-refractivity contribution in [1.29, 1.82) is 0 Å². The Kier molecular flexibility index (Phi) is 8.43. The molecule has 0 spiro atoms. The fourth-order valence-electron chi connectivity index (χ4n) is 7.12. The van der Waals surface area contributed by atoms with E-state index >= 15 is 0 Å². The van der Waals surface area contributed by atoms with Gasteiger partial charge < -0.3 is 0 Å². The van der Waals surface area contributed by atoms with Crippen LogP contribution in [0, 0.1) is 0 Å². The average molecular weight is 682 g/mol. The molecular weight excluding hydrogens is 647 g/mol. The predicted molar refractivity (Wildman–Crippen MR) is 217 cm³/mol. The summed E-state index contributed by atoms with van der Waals surface area (Å²) in [5, 5.41) is 0. The standard InChI is InChI=1S/C48H35N5/c1-33-28-43(35-14-5-2-6-15-35)50-48(38-18-9-4-10-19-38)52-45(33)42-30-40(29-41(31-42)39-20-13-26-49-32-39)34-22-24-36(25-23-34)46-47(37-16-7-3-8-17-37)53-27-12-11-21-44(53)51-46/h2-27,29-32,45H,1,28H2. The highest BCUT2D eigenvalue weighted by Gasteiger charge is 2.24. The topological polar surface area (TPSA) is 54.9 Å². The lowest BCUT2D eigenvalue weighted by Gasteiger charge is -2.18. The molecule has 53 heavy (non-hydrogen) atoms. The van der Waals surface area contributed by atoms with Crippen LogP contribution in [0.2, 0.25) is 0 Å². The van der Waals surface area contributed by atoms with Gasteiger partial charge in [0.05, 0.1) is 23.1 Å². The van der Waals surface area contributed by atoms with Crippen LogP contribution in [0.25, 0.3) is 50.4 Å².